The van der Waals surface area contributed by atoms with Gasteiger partial charge in [0.2, 0.25) is 5.16 Å². The summed E-state index contributed by atoms with van der Waals surface area (Å²) in [4.78, 5) is 17.5. The molecule has 4 aromatic rings. The van der Waals surface area contributed by atoms with Crippen molar-refractivity contribution in [2.75, 3.05) is 5.75 Å². The molecule has 3 heterocycles. The second-order valence-electron chi connectivity index (χ2n) is 5.37. The Bertz CT molecular complexity index is 1070. The van der Waals surface area contributed by atoms with Gasteiger partial charge in [-0.1, -0.05) is 42.1 Å². The first-order chi connectivity index (χ1) is 12.3. The highest BCUT2D eigenvalue weighted by Crippen LogP contribution is 2.27. The molecule has 0 aliphatic heterocycles. The lowest BCUT2D eigenvalue weighted by Crippen LogP contribution is -2.03. The number of thiophene rings is 1. The van der Waals surface area contributed by atoms with Gasteiger partial charge in [-0.15, -0.1) is 28.1 Å². The third kappa shape index (κ3) is 2.96. The topological polar surface area (TPSA) is 60.7 Å². The molecule has 0 N–H and O–H groups in total. The number of carbonyl (C=O) groups is 1. The summed E-state index contributed by atoms with van der Waals surface area (Å²) >= 11 is 2.76. The molecule has 0 aliphatic rings. The van der Waals surface area contributed by atoms with Gasteiger partial charge in [-0.05, 0) is 17.5 Å². The number of nitrogens with zero attached hydrogens (tertiary/aromatic N) is 4. The molecule has 0 bridgehead atoms. The Hall–Kier alpha value is -2.51. The molecule has 25 heavy (non-hydrogen) atoms. The van der Waals surface area contributed by atoms with Crippen LogP contribution in [-0.2, 0) is 6.54 Å². The van der Waals surface area contributed by atoms with Crippen molar-refractivity contribution in [2.24, 2.45) is 0 Å². The number of Topliss-reactive ketones (excluding diaryl/α,β-unsaturated/α-hetero) is 1. The van der Waals surface area contributed by atoms with E-state index in [1.807, 2.05) is 47.9 Å². The van der Waals surface area contributed by atoms with Crippen molar-refractivity contribution in [2.45, 2.75) is 11.7 Å². The van der Waals surface area contributed by atoms with E-state index in [1.165, 1.54) is 23.1 Å². The standard InChI is InChI=1S/C18H14N4OS2/c1-2-9-22-13-7-4-3-6-12(13)16-17(22)19-18(21-20-16)25-11-14(23)15-8-5-10-24-15/h2-8,10H,1,9,11H2. The number of thioether (sulfide) groups is 1. The van der Waals surface area contributed by atoms with Crippen molar-refractivity contribution in [3.63, 3.8) is 0 Å². The van der Waals surface area contributed by atoms with Gasteiger partial charge in [0, 0.05) is 11.9 Å². The van der Waals surface area contributed by atoms with Crippen molar-refractivity contribution in [3.05, 3.63) is 59.3 Å². The molecule has 3 aromatic heterocycles. The Morgan fingerprint density at radius 2 is 2.12 bits per heavy atom. The summed E-state index contributed by atoms with van der Waals surface area (Å²) in [6.45, 7) is 4.47. The van der Waals surface area contributed by atoms with Crippen molar-refractivity contribution in [3.8, 4) is 0 Å². The highest BCUT2D eigenvalue weighted by molar-refractivity contribution is 7.99. The number of para-hydroxylation sites is 1. The number of hydrogen-bond acceptors (Lipinski definition) is 6. The number of allylic oxidation sites excluding steroid dienone is 1. The number of benzene rings is 1. The van der Waals surface area contributed by atoms with Gasteiger partial charge in [0.1, 0.15) is 5.52 Å². The van der Waals surface area contributed by atoms with Crippen molar-refractivity contribution in [1.82, 2.24) is 19.7 Å². The number of hydrogen-bond donors (Lipinski definition) is 0. The maximum absolute atomic E-state index is 12.1. The van der Waals surface area contributed by atoms with E-state index in [1.54, 1.807) is 0 Å². The normalized spacial score (nSPS) is 11.2. The molecule has 0 atom stereocenters. The number of rotatable bonds is 6. The Labute approximate surface area is 152 Å². The first kappa shape index (κ1) is 16.0. The second-order valence-corrected chi connectivity index (χ2v) is 7.26. The van der Waals surface area contributed by atoms with E-state index in [2.05, 4.69) is 26.3 Å². The van der Waals surface area contributed by atoms with E-state index in [-0.39, 0.29) is 5.78 Å². The minimum atomic E-state index is 0.0790. The minimum absolute atomic E-state index is 0.0790. The predicted molar refractivity (Wildman–Crippen MR) is 102 cm³/mol. The van der Waals surface area contributed by atoms with E-state index in [9.17, 15) is 4.79 Å². The summed E-state index contributed by atoms with van der Waals surface area (Å²) in [6, 6.07) is 11.7. The minimum Gasteiger partial charge on any atom is -0.320 e. The van der Waals surface area contributed by atoms with Gasteiger partial charge in [0.05, 0.1) is 16.1 Å². The predicted octanol–water partition coefficient (Wildman–Crippen LogP) is 4.20. The van der Waals surface area contributed by atoms with Gasteiger partial charge < -0.3 is 4.57 Å². The molecule has 0 radical (unpaired) electrons. The quantitative estimate of drug-likeness (QED) is 0.291. The number of fused-ring (bicyclic) bond motifs is 3. The second kappa shape index (κ2) is 6.78. The average molecular weight is 366 g/mol. The van der Waals surface area contributed by atoms with Gasteiger partial charge >= 0.3 is 0 Å². The van der Waals surface area contributed by atoms with Gasteiger partial charge in [0.25, 0.3) is 0 Å². The molecule has 0 amide bonds. The van der Waals surface area contributed by atoms with E-state index in [0.29, 0.717) is 17.5 Å². The van der Waals surface area contributed by atoms with Crippen LogP contribution in [-0.4, -0.2) is 31.3 Å². The molecular formula is C18H14N4OS2. The molecule has 124 valence electrons. The fourth-order valence-electron chi connectivity index (χ4n) is 2.70. The molecule has 0 unspecified atom stereocenters. The zero-order chi connectivity index (χ0) is 17.2. The lowest BCUT2D eigenvalue weighted by Gasteiger charge is -2.03. The van der Waals surface area contributed by atoms with Gasteiger partial charge in [-0.25, -0.2) is 4.98 Å². The molecule has 1 aromatic carbocycles. The fourth-order valence-corrected chi connectivity index (χ4v) is 4.12. The number of ketones is 1. The molecule has 7 heteroatoms. The number of aromatic nitrogens is 4. The maximum atomic E-state index is 12.1. The van der Waals surface area contributed by atoms with E-state index in [0.717, 1.165) is 26.9 Å². The van der Waals surface area contributed by atoms with Gasteiger partial charge in [-0.2, -0.15) is 0 Å². The lowest BCUT2D eigenvalue weighted by molar-refractivity contribution is 0.102. The average Bonchev–Trinajstić information content (AvgIpc) is 3.28. The highest BCUT2D eigenvalue weighted by atomic mass is 32.2. The third-order valence-electron chi connectivity index (χ3n) is 3.79. The maximum Gasteiger partial charge on any atom is 0.211 e. The smallest absolute Gasteiger partial charge is 0.211 e. The molecule has 0 saturated heterocycles. The van der Waals surface area contributed by atoms with Crippen LogP contribution in [0.25, 0.3) is 22.1 Å². The lowest BCUT2D eigenvalue weighted by atomic mass is 10.2. The molecule has 4 rings (SSSR count). The SMILES string of the molecule is C=CCn1c2ccccc2c2nnc(SCC(=O)c3cccs3)nc21. The Morgan fingerprint density at radius 3 is 2.92 bits per heavy atom. The Morgan fingerprint density at radius 1 is 1.24 bits per heavy atom. The largest absolute Gasteiger partial charge is 0.320 e. The zero-order valence-electron chi connectivity index (χ0n) is 13.3. The van der Waals surface area contributed by atoms with Crippen molar-refractivity contribution >= 4 is 50.9 Å². The van der Waals surface area contributed by atoms with Crippen LogP contribution < -0.4 is 0 Å². The summed E-state index contributed by atoms with van der Waals surface area (Å²) in [5.74, 6) is 0.380. The molecule has 0 spiro atoms. The van der Waals surface area contributed by atoms with Gasteiger partial charge in [-0.3, -0.25) is 4.79 Å². The molecular weight excluding hydrogens is 352 g/mol. The Balaban J connectivity index is 1.69. The molecule has 5 nitrogen and oxygen atoms in total. The fraction of sp³-hybridized carbons (Fsp3) is 0.111. The summed E-state index contributed by atoms with van der Waals surface area (Å²) in [5, 5.41) is 12.0. The summed E-state index contributed by atoms with van der Waals surface area (Å²) < 4.78 is 2.07. The van der Waals surface area contributed by atoms with Crippen molar-refractivity contribution in [1.29, 1.82) is 0 Å². The summed E-state index contributed by atoms with van der Waals surface area (Å²) in [6.07, 6.45) is 1.83. The van der Waals surface area contributed by atoms with Crippen LogP contribution in [0.3, 0.4) is 0 Å². The van der Waals surface area contributed by atoms with E-state index < -0.39 is 0 Å². The van der Waals surface area contributed by atoms with Crippen molar-refractivity contribution < 1.29 is 4.79 Å². The first-order valence-corrected chi connectivity index (χ1v) is 9.56. The molecule has 0 saturated carbocycles. The molecule has 0 aliphatic carbocycles. The van der Waals surface area contributed by atoms with Crippen LogP contribution in [0.2, 0.25) is 0 Å². The summed E-state index contributed by atoms with van der Waals surface area (Å²) in [7, 11) is 0. The van der Waals surface area contributed by atoms with E-state index >= 15 is 0 Å². The zero-order valence-corrected chi connectivity index (χ0v) is 14.9. The molecule has 0 fully saturated rings. The Kier molecular flexibility index (Phi) is 4.33. The first-order valence-electron chi connectivity index (χ1n) is 7.70. The number of carbonyl (C=O) groups excluding carboxylic acids is 1. The third-order valence-corrected chi connectivity index (χ3v) is 5.54. The monoisotopic (exact) mass is 366 g/mol. The van der Waals surface area contributed by atoms with Crippen LogP contribution in [0.4, 0.5) is 0 Å². The van der Waals surface area contributed by atoms with Crippen LogP contribution in [0.5, 0.6) is 0 Å². The highest BCUT2D eigenvalue weighted by Gasteiger charge is 2.15. The van der Waals surface area contributed by atoms with Gasteiger partial charge in [0.15, 0.2) is 11.4 Å². The van der Waals surface area contributed by atoms with Crippen LogP contribution in [0, 0.1) is 0 Å². The summed E-state index contributed by atoms with van der Waals surface area (Å²) in [5.41, 5.74) is 2.59. The van der Waals surface area contributed by atoms with Crippen LogP contribution >= 0.6 is 23.1 Å². The van der Waals surface area contributed by atoms with Crippen LogP contribution in [0.1, 0.15) is 9.67 Å². The van der Waals surface area contributed by atoms with E-state index in [4.69, 9.17) is 0 Å². The van der Waals surface area contributed by atoms with Crippen LogP contribution in [0.15, 0.2) is 59.6 Å².